The fraction of sp³-hybridized carbons (Fsp3) is 0.600. The van der Waals surface area contributed by atoms with Crippen LogP contribution in [0.2, 0.25) is 0 Å². The molecule has 1 atom stereocenters. The lowest BCUT2D eigenvalue weighted by Gasteiger charge is -2.35. The molecule has 3 heterocycles. The molecular weight excluding hydrogens is 236 g/mol. The van der Waals surface area contributed by atoms with E-state index in [1.807, 2.05) is 12.3 Å². The standard InChI is InChI=1S/C15H22N4/c1-10-6-8-17-13-12(10)18-14(19-13)15(2,3)11-5-4-7-16-9-11/h6,8,11,16H,4-5,7,9H2,1-3H3,(H,17,18,19). The van der Waals surface area contributed by atoms with E-state index in [0.717, 1.165) is 30.1 Å². The fourth-order valence-corrected chi connectivity index (χ4v) is 3.00. The maximum absolute atomic E-state index is 4.73. The van der Waals surface area contributed by atoms with Crippen LogP contribution in [-0.4, -0.2) is 28.0 Å². The van der Waals surface area contributed by atoms with Crippen molar-refractivity contribution in [1.29, 1.82) is 0 Å². The third kappa shape index (κ3) is 2.14. The van der Waals surface area contributed by atoms with E-state index in [0.29, 0.717) is 5.92 Å². The SMILES string of the molecule is Cc1ccnc2nc(C(C)(C)C3CCCNC3)[nH]c12. The van der Waals surface area contributed by atoms with Gasteiger partial charge in [0.15, 0.2) is 5.65 Å². The van der Waals surface area contributed by atoms with Crippen molar-refractivity contribution in [1.82, 2.24) is 20.3 Å². The summed E-state index contributed by atoms with van der Waals surface area (Å²) < 4.78 is 0. The van der Waals surface area contributed by atoms with E-state index in [9.17, 15) is 0 Å². The number of piperidine rings is 1. The molecule has 1 unspecified atom stereocenters. The van der Waals surface area contributed by atoms with Gasteiger partial charge in [-0.25, -0.2) is 9.97 Å². The second-order valence-corrected chi connectivity index (χ2v) is 6.18. The second kappa shape index (κ2) is 4.60. The number of rotatable bonds is 2. The van der Waals surface area contributed by atoms with Crippen molar-refractivity contribution >= 4 is 11.2 Å². The van der Waals surface area contributed by atoms with Crippen LogP contribution in [0.4, 0.5) is 0 Å². The Hall–Kier alpha value is -1.42. The van der Waals surface area contributed by atoms with E-state index >= 15 is 0 Å². The van der Waals surface area contributed by atoms with Gasteiger partial charge in [-0.2, -0.15) is 0 Å². The van der Waals surface area contributed by atoms with Gasteiger partial charge in [0.25, 0.3) is 0 Å². The molecule has 4 nitrogen and oxygen atoms in total. The van der Waals surface area contributed by atoms with Gasteiger partial charge in [-0.3, -0.25) is 0 Å². The maximum atomic E-state index is 4.73. The average Bonchev–Trinajstić information content (AvgIpc) is 2.86. The molecule has 102 valence electrons. The van der Waals surface area contributed by atoms with E-state index in [4.69, 9.17) is 4.98 Å². The second-order valence-electron chi connectivity index (χ2n) is 6.18. The number of pyridine rings is 1. The van der Waals surface area contributed by atoms with E-state index in [-0.39, 0.29) is 5.41 Å². The first-order valence-corrected chi connectivity index (χ1v) is 7.11. The molecule has 3 rings (SSSR count). The minimum absolute atomic E-state index is 0.0561. The Morgan fingerprint density at radius 3 is 2.89 bits per heavy atom. The number of aromatic nitrogens is 3. The van der Waals surface area contributed by atoms with Gasteiger partial charge in [-0.15, -0.1) is 0 Å². The zero-order valence-corrected chi connectivity index (χ0v) is 12.0. The van der Waals surface area contributed by atoms with Gasteiger partial charge in [0.2, 0.25) is 0 Å². The highest BCUT2D eigenvalue weighted by Crippen LogP contribution is 2.34. The number of aryl methyl sites for hydroxylation is 1. The molecule has 2 aromatic heterocycles. The van der Waals surface area contributed by atoms with Crippen LogP contribution < -0.4 is 5.32 Å². The number of hydrogen-bond donors (Lipinski definition) is 2. The summed E-state index contributed by atoms with van der Waals surface area (Å²) >= 11 is 0. The third-order valence-corrected chi connectivity index (χ3v) is 4.53. The van der Waals surface area contributed by atoms with Gasteiger partial charge in [0.1, 0.15) is 5.82 Å². The Labute approximate surface area is 114 Å². The number of imidazole rings is 1. The number of fused-ring (bicyclic) bond motifs is 1. The first-order valence-electron chi connectivity index (χ1n) is 7.11. The van der Waals surface area contributed by atoms with Gasteiger partial charge in [-0.1, -0.05) is 13.8 Å². The van der Waals surface area contributed by atoms with E-state index in [1.165, 1.54) is 18.4 Å². The Bertz CT molecular complexity index is 579. The third-order valence-electron chi connectivity index (χ3n) is 4.53. The minimum atomic E-state index is 0.0561. The molecule has 0 spiro atoms. The van der Waals surface area contributed by atoms with E-state index in [2.05, 4.69) is 36.1 Å². The predicted octanol–water partition coefficient (Wildman–Crippen LogP) is 2.54. The van der Waals surface area contributed by atoms with Gasteiger partial charge in [0, 0.05) is 11.6 Å². The molecule has 1 fully saturated rings. The van der Waals surface area contributed by atoms with Crippen LogP contribution in [-0.2, 0) is 5.41 Å². The molecule has 1 saturated heterocycles. The van der Waals surface area contributed by atoms with E-state index in [1.54, 1.807) is 0 Å². The summed E-state index contributed by atoms with van der Waals surface area (Å²) in [5, 5.41) is 3.50. The summed E-state index contributed by atoms with van der Waals surface area (Å²) in [4.78, 5) is 12.6. The Kier molecular flexibility index (Phi) is 3.05. The summed E-state index contributed by atoms with van der Waals surface area (Å²) in [6.45, 7) is 8.90. The van der Waals surface area contributed by atoms with Gasteiger partial charge in [-0.05, 0) is 50.4 Å². The number of aromatic amines is 1. The van der Waals surface area contributed by atoms with Crippen molar-refractivity contribution in [3.05, 3.63) is 23.7 Å². The lowest BCUT2D eigenvalue weighted by Crippen LogP contribution is -2.41. The summed E-state index contributed by atoms with van der Waals surface area (Å²) in [6, 6.07) is 2.03. The molecule has 4 heteroatoms. The molecule has 2 N–H and O–H groups in total. The molecule has 0 aromatic carbocycles. The highest BCUT2D eigenvalue weighted by Gasteiger charge is 2.35. The quantitative estimate of drug-likeness (QED) is 0.870. The molecule has 0 amide bonds. The summed E-state index contributed by atoms with van der Waals surface area (Å²) in [5.74, 6) is 1.69. The molecule has 2 aromatic rings. The summed E-state index contributed by atoms with van der Waals surface area (Å²) in [6.07, 6.45) is 4.35. The van der Waals surface area contributed by atoms with Gasteiger partial charge >= 0.3 is 0 Å². The number of hydrogen-bond acceptors (Lipinski definition) is 3. The van der Waals surface area contributed by atoms with Crippen LogP contribution in [0.1, 0.15) is 38.1 Å². The van der Waals surface area contributed by atoms with Crippen molar-refractivity contribution in [2.75, 3.05) is 13.1 Å². The van der Waals surface area contributed by atoms with Crippen molar-refractivity contribution in [2.45, 2.75) is 39.0 Å². The highest BCUT2D eigenvalue weighted by atomic mass is 15.0. The average molecular weight is 258 g/mol. The van der Waals surface area contributed by atoms with E-state index < -0.39 is 0 Å². The van der Waals surface area contributed by atoms with Gasteiger partial charge < -0.3 is 10.3 Å². The molecular formula is C15H22N4. The predicted molar refractivity (Wildman–Crippen MR) is 77.2 cm³/mol. The van der Waals surface area contributed by atoms with Crippen LogP contribution in [0.3, 0.4) is 0 Å². The molecule has 0 bridgehead atoms. The van der Waals surface area contributed by atoms with Crippen LogP contribution in [0.15, 0.2) is 12.3 Å². The molecule has 1 aliphatic rings. The normalized spacial score (nSPS) is 20.9. The maximum Gasteiger partial charge on any atom is 0.177 e. The largest absolute Gasteiger partial charge is 0.340 e. The molecule has 0 radical (unpaired) electrons. The molecule has 1 aliphatic heterocycles. The molecule has 19 heavy (non-hydrogen) atoms. The van der Waals surface area contributed by atoms with Crippen molar-refractivity contribution in [3.63, 3.8) is 0 Å². The van der Waals surface area contributed by atoms with Crippen LogP contribution in [0, 0.1) is 12.8 Å². The van der Waals surface area contributed by atoms with Crippen molar-refractivity contribution < 1.29 is 0 Å². The lowest BCUT2D eigenvalue weighted by molar-refractivity contribution is 0.243. The first-order chi connectivity index (χ1) is 9.09. The molecule has 0 saturated carbocycles. The zero-order valence-electron chi connectivity index (χ0n) is 12.0. The number of H-pyrrole nitrogens is 1. The monoisotopic (exact) mass is 258 g/mol. The van der Waals surface area contributed by atoms with Crippen LogP contribution in [0.5, 0.6) is 0 Å². The Balaban J connectivity index is 2.00. The van der Waals surface area contributed by atoms with Crippen molar-refractivity contribution in [3.8, 4) is 0 Å². The topological polar surface area (TPSA) is 53.6 Å². The molecule has 0 aliphatic carbocycles. The van der Waals surface area contributed by atoms with Crippen molar-refractivity contribution in [2.24, 2.45) is 5.92 Å². The smallest absolute Gasteiger partial charge is 0.177 e. The minimum Gasteiger partial charge on any atom is -0.340 e. The summed E-state index contributed by atoms with van der Waals surface area (Å²) in [7, 11) is 0. The van der Waals surface area contributed by atoms with Crippen LogP contribution >= 0.6 is 0 Å². The Morgan fingerprint density at radius 1 is 1.37 bits per heavy atom. The number of nitrogens with one attached hydrogen (secondary N) is 2. The Morgan fingerprint density at radius 2 is 2.21 bits per heavy atom. The summed E-state index contributed by atoms with van der Waals surface area (Å²) in [5.41, 5.74) is 3.18. The lowest BCUT2D eigenvalue weighted by atomic mass is 9.74. The number of nitrogens with zero attached hydrogens (tertiary/aromatic N) is 2. The zero-order chi connectivity index (χ0) is 13.5. The van der Waals surface area contributed by atoms with Gasteiger partial charge in [0.05, 0.1) is 5.52 Å². The first kappa shape index (κ1) is 12.6. The highest BCUT2D eigenvalue weighted by molar-refractivity contribution is 5.74. The van der Waals surface area contributed by atoms with Crippen LogP contribution in [0.25, 0.3) is 11.2 Å². The fourth-order valence-electron chi connectivity index (χ4n) is 3.00.